The highest BCUT2D eigenvalue weighted by Crippen LogP contribution is 2.34. The fourth-order valence-corrected chi connectivity index (χ4v) is 4.32. The molecule has 0 bridgehead atoms. The van der Waals surface area contributed by atoms with Gasteiger partial charge in [-0.3, -0.25) is 9.59 Å². The van der Waals surface area contributed by atoms with Crippen molar-refractivity contribution in [3.63, 3.8) is 0 Å². The number of esters is 1. The Labute approximate surface area is 191 Å². The molecule has 7 nitrogen and oxygen atoms in total. The topological polar surface area (TPSA) is 94.8 Å². The molecule has 0 aliphatic carbocycles. The van der Waals surface area contributed by atoms with Gasteiger partial charge in [0.25, 0.3) is 5.91 Å². The number of anilines is 1. The minimum atomic E-state index is -0.596. The number of hydrogen-bond acceptors (Lipinski definition) is 7. The van der Waals surface area contributed by atoms with Crippen LogP contribution in [0.25, 0.3) is 0 Å². The Morgan fingerprint density at radius 1 is 1.16 bits per heavy atom. The number of rotatable bonds is 8. The van der Waals surface area contributed by atoms with E-state index in [0.717, 1.165) is 15.8 Å². The van der Waals surface area contributed by atoms with Crippen LogP contribution in [0.5, 0.6) is 5.75 Å². The summed E-state index contributed by atoms with van der Waals surface area (Å²) in [4.78, 5) is 37.3. The first-order valence-electron chi connectivity index (χ1n) is 9.40. The maximum atomic E-state index is 12.7. The summed E-state index contributed by atoms with van der Waals surface area (Å²) in [7, 11) is 0. The van der Waals surface area contributed by atoms with Gasteiger partial charge in [-0.2, -0.15) is 0 Å². The van der Waals surface area contributed by atoms with E-state index in [1.807, 2.05) is 24.3 Å². The van der Waals surface area contributed by atoms with Gasteiger partial charge in [-0.25, -0.2) is 4.79 Å². The first-order valence-corrected chi connectivity index (χ1v) is 11.0. The molecule has 0 spiro atoms. The Kier molecular flexibility index (Phi) is 7.29. The number of carbonyl (C=O) groups excluding carboxylic acids is 3. The average Bonchev–Trinajstić information content (AvgIpc) is 3.32. The maximum Gasteiger partial charge on any atom is 0.341 e. The lowest BCUT2D eigenvalue weighted by atomic mass is 10.1. The van der Waals surface area contributed by atoms with E-state index in [-0.39, 0.29) is 35.3 Å². The summed E-state index contributed by atoms with van der Waals surface area (Å²) in [5.74, 6) is -0.183. The SMILES string of the molecule is CCOC(=O)c1c(NC(=O)c2ccc(COc3ccccc3Br)o2)sc(C(C)=O)c1C. The number of furan rings is 1. The molecule has 3 rings (SSSR count). The van der Waals surface area contributed by atoms with Gasteiger partial charge in [0.15, 0.2) is 11.5 Å². The summed E-state index contributed by atoms with van der Waals surface area (Å²) in [6.45, 7) is 5.05. The summed E-state index contributed by atoms with van der Waals surface area (Å²) in [6, 6.07) is 10.5. The van der Waals surface area contributed by atoms with E-state index < -0.39 is 11.9 Å². The van der Waals surface area contributed by atoms with Crippen molar-refractivity contribution in [3.05, 3.63) is 68.4 Å². The Balaban J connectivity index is 1.76. The van der Waals surface area contributed by atoms with Gasteiger partial charge in [0.1, 0.15) is 23.1 Å². The van der Waals surface area contributed by atoms with Gasteiger partial charge >= 0.3 is 5.97 Å². The van der Waals surface area contributed by atoms with Crippen molar-refractivity contribution in [1.82, 2.24) is 0 Å². The molecule has 2 aromatic heterocycles. The van der Waals surface area contributed by atoms with Crippen LogP contribution in [0.2, 0.25) is 0 Å². The predicted octanol–water partition coefficient (Wildman–Crippen LogP) is 5.62. The molecular formula is C22H20BrNO6S. The lowest BCUT2D eigenvalue weighted by molar-refractivity contribution is 0.0527. The van der Waals surface area contributed by atoms with Gasteiger partial charge in [-0.1, -0.05) is 12.1 Å². The van der Waals surface area contributed by atoms with Crippen LogP contribution in [0.15, 0.2) is 45.3 Å². The van der Waals surface area contributed by atoms with E-state index in [4.69, 9.17) is 13.9 Å². The van der Waals surface area contributed by atoms with Crippen LogP contribution in [0.3, 0.4) is 0 Å². The van der Waals surface area contributed by atoms with E-state index in [9.17, 15) is 14.4 Å². The Morgan fingerprint density at radius 3 is 2.58 bits per heavy atom. The molecule has 1 amide bonds. The van der Waals surface area contributed by atoms with Gasteiger partial charge in [0, 0.05) is 0 Å². The zero-order valence-electron chi connectivity index (χ0n) is 17.1. The second-order valence-electron chi connectivity index (χ2n) is 6.48. The monoisotopic (exact) mass is 505 g/mol. The molecule has 0 radical (unpaired) electrons. The number of nitrogens with one attached hydrogen (secondary N) is 1. The van der Waals surface area contributed by atoms with Gasteiger partial charge in [-0.05, 0) is 66.5 Å². The number of thiophene rings is 1. The zero-order valence-corrected chi connectivity index (χ0v) is 19.5. The molecule has 3 aromatic rings. The van der Waals surface area contributed by atoms with E-state index in [0.29, 0.717) is 22.0 Å². The third-order valence-electron chi connectivity index (χ3n) is 4.27. The standard InChI is InChI=1S/C22H20BrNO6S/c1-4-28-22(27)18-12(2)19(13(3)25)31-21(18)24-20(26)17-10-9-14(30-17)11-29-16-8-6-5-7-15(16)23/h5-10H,4,11H2,1-3H3,(H,24,26). The van der Waals surface area contributed by atoms with E-state index in [1.54, 1.807) is 19.9 Å². The minimum absolute atomic E-state index is 0.0518. The van der Waals surface area contributed by atoms with Gasteiger partial charge in [0.05, 0.1) is 21.5 Å². The summed E-state index contributed by atoms with van der Waals surface area (Å²) in [5.41, 5.74) is 0.655. The zero-order chi connectivity index (χ0) is 22.5. The number of Topliss-reactive ketones (excluding diaryl/α,β-unsaturated/α-hetero) is 1. The number of amides is 1. The molecule has 0 aliphatic rings. The van der Waals surface area contributed by atoms with Crippen LogP contribution < -0.4 is 10.1 Å². The molecule has 1 aromatic carbocycles. The normalized spacial score (nSPS) is 10.6. The summed E-state index contributed by atoms with van der Waals surface area (Å²) in [6.07, 6.45) is 0. The molecule has 0 saturated carbocycles. The highest BCUT2D eigenvalue weighted by molar-refractivity contribution is 9.10. The minimum Gasteiger partial charge on any atom is -0.484 e. The third kappa shape index (κ3) is 5.23. The number of carbonyl (C=O) groups is 3. The molecule has 0 aliphatic heterocycles. The first-order chi connectivity index (χ1) is 14.8. The number of para-hydroxylation sites is 1. The van der Waals surface area contributed by atoms with Crippen molar-refractivity contribution in [2.45, 2.75) is 27.4 Å². The van der Waals surface area contributed by atoms with Crippen molar-refractivity contribution >= 4 is 49.9 Å². The number of benzene rings is 1. The smallest absolute Gasteiger partial charge is 0.341 e. The predicted molar refractivity (Wildman–Crippen MR) is 120 cm³/mol. The highest BCUT2D eigenvalue weighted by atomic mass is 79.9. The lowest BCUT2D eigenvalue weighted by Crippen LogP contribution is -2.14. The van der Waals surface area contributed by atoms with Gasteiger partial charge < -0.3 is 19.2 Å². The number of ether oxygens (including phenoxy) is 2. The van der Waals surface area contributed by atoms with E-state index >= 15 is 0 Å². The van der Waals surface area contributed by atoms with Crippen molar-refractivity contribution in [3.8, 4) is 5.75 Å². The maximum absolute atomic E-state index is 12.7. The number of ketones is 1. The first kappa shape index (κ1) is 22.8. The molecule has 31 heavy (non-hydrogen) atoms. The Bertz CT molecular complexity index is 1130. The largest absolute Gasteiger partial charge is 0.484 e. The third-order valence-corrected chi connectivity index (χ3v) is 6.23. The van der Waals surface area contributed by atoms with Crippen LogP contribution in [0, 0.1) is 6.92 Å². The van der Waals surface area contributed by atoms with Gasteiger partial charge in [-0.15, -0.1) is 11.3 Å². The van der Waals surface area contributed by atoms with Crippen LogP contribution in [0.1, 0.15) is 55.8 Å². The van der Waals surface area contributed by atoms with Crippen LogP contribution in [0.4, 0.5) is 5.00 Å². The lowest BCUT2D eigenvalue weighted by Gasteiger charge is -2.07. The second kappa shape index (κ2) is 9.93. The average molecular weight is 506 g/mol. The molecular weight excluding hydrogens is 486 g/mol. The molecule has 0 fully saturated rings. The molecule has 0 unspecified atom stereocenters. The molecule has 2 heterocycles. The molecule has 1 N–H and O–H groups in total. The van der Waals surface area contributed by atoms with Crippen molar-refractivity contribution in [1.29, 1.82) is 0 Å². The van der Waals surface area contributed by atoms with E-state index in [1.165, 1.54) is 13.0 Å². The van der Waals surface area contributed by atoms with Crippen LogP contribution in [-0.2, 0) is 11.3 Å². The Morgan fingerprint density at radius 2 is 1.90 bits per heavy atom. The van der Waals surface area contributed by atoms with Crippen molar-refractivity contribution in [2.24, 2.45) is 0 Å². The molecule has 162 valence electrons. The summed E-state index contributed by atoms with van der Waals surface area (Å²) < 4.78 is 17.2. The number of hydrogen-bond donors (Lipinski definition) is 1. The second-order valence-corrected chi connectivity index (χ2v) is 8.35. The van der Waals surface area contributed by atoms with Crippen LogP contribution >= 0.6 is 27.3 Å². The molecule has 9 heteroatoms. The quantitative estimate of drug-likeness (QED) is 0.315. The highest BCUT2D eigenvalue weighted by Gasteiger charge is 2.26. The van der Waals surface area contributed by atoms with Crippen molar-refractivity contribution in [2.75, 3.05) is 11.9 Å². The fourth-order valence-electron chi connectivity index (χ4n) is 2.84. The van der Waals surface area contributed by atoms with Gasteiger partial charge in [0.2, 0.25) is 0 Å². The molecule has 0 saturated heterocycles. The summed E-state index contributed by atoms with van der Waals surface area (Å²) in [5, 5.41) is 2.91. The number of halogens is 1. The Hall–Kier alpha value is -2.91. The fraction of sp³-hybridized carbons (Fsp3) is 0.227. The molecule has 0 atom stereocenters. The van der Waals surface area contributed by atoms with Crippen molar-refractivity contribution < 1.29 is 28.3 Å². The summed E-state index contributed by atoms with van der Waals surface area (Å²) >= 11 is 4.44. The van der Waals surface area contributed by atoms with Crippen LogP contribution in [-0.4, -0.2) is 24.3 Å². The van der Waals surface area contributed by atoms with E-state index in [2.05, 4.69) is 21.2 Å².